The van der Waals surface area contributed by atoms with Gasteiger partial charge in [-0.15, -0.1) is 0 Å². The molecule has 0 saturated heterocycles. The molecule has 1 heterocycles. The van der Waals surface area contributed by atoms with Crippen LogP contribution in [0.15, 0.2) is 48.8 Å². The van der Waals surface area contributed by atoms with Crippen LogP contribution < -0.4 is 9.46 Å². The van der Waals surface area contributed by atoms with Crippen LogP contribution in [0.25, 0.3) is 0 Å². The molecule has 0 fully saturated rings. The smallest absolute Gasteiger partial charge is 0.421 e. The van der Waals surface area contributed by atoms with Gasteiger partial charge in [0.05, 0.1) is 5.75 Å². The molecule has 0 saturated carbocycles. The van der Waals surface area contributed by atoms with E-state index in [1.54, 1.807) is 26.8 Å². The summed E-state index contributed by atoms with van der Waals surface area (Å²) in [5.41, 5.74) is 0.502. The molecule has 0 aliphatic heterocycles. The summed E-state index contributed by atoms with van der Waals surface area (Å²) >= 11 is 0. The number of aromatic nitrogens is 1. The third-order valence-electron chi connectivity index (χ3n) is 3.08. The molecule has 7 nitrogen and oxygen atoms in total. The minimum absolute atomic E-state index is 0.289. The SMILES string of the molecule is CC(C)(C)OC(=O)NS(=O)(=O)Cc1cnccc1OCc1ccccc1. The molecular formula is C18H22N2O5S. The maximum absolute atomic E-state index is 12.2. The van der Waals surface area contributed by atoms with Crippen molar-refractivity contribution in [3.63, 3.8) is 0 Å². The predicted octanol–water partition coefficient (Wildman–Crippen LogP) is 3.02. The zero-order valence-electron chi connectivity index (χ0n) is 14.9. The van der Waals surface area contributed by atoms with E-state index in [2.05, 4.69) is 4.98 Å². The first kappa shape index (κ1) is 19.7. The van der Waals surface area contributed by atoms with Crippen molar-refractivity contribution in [2.24, 2.45) is 0 Å². The topological polar surface area (TPSA) is 94.6 Å². The van der Waals surface area contributed by atoms with E-state index in [0.29, 0.717) is 11.3 Å². The Balaban J connectivity index is 2.05. The van der Waals surface area contributed by atoms with E-state index in [4.69, 9.17) is 9.47 Å². The van der Waals surface area contributed by atoms with Crippen molar-refractivity contribution >= 4 is 16.1 Å². The molecule has 1 amide bonds. The minimum atomic E-state index is -3.96. The number of ether oxygens (including phenoxy) is 2. The molecule has 26 heavy (non-hydrogen) atoms. The van der Waals surface area contributed by atoms with Crippen molar-refractivity contribution in [2.45, 2.75) is 38.7 Å². The zero-order valence-corrected chi connectivity index (χ0v) is 15.7. The molecule has 8 heteroatoms. The highest BCUT2D eigenvalue weighted by atomic mass is 32.2. The minimum Gasteiger partial charge on any atom is -0.488 e. The number of rotatable bonds is 6. The number of benzene rings is 1. The second-order valence-corrected chi connectivity index (χ2v) is 8.34. The third kappa shape index (κ3) is 6.72. The lowest BCUT2D eigenvalue weighted by Crippen LogP contribution is -2.37. The van der Waals surface area contributed by atoms with Crippen LogP contribution in [0.5, 0.6) is 5.75 Å². The maximum Gasteiger partial charge on any atom is 0.421 e. The molecular weight excluding hydrogens is 356 g/mol. The van der Waals surface area contributed by atoms with Crippen LogP contribution in [0, 0.1) is 0 Å². The molecule has 1 aromatic heterocycles. The van der Waals surface area contributed by atoms with Gasteiger partial charge in [0, 0.05) is 18.0 Å². The summed E-state index contributed by atoms with van der Waals surface area (Å²) in [6.07, 6.45) is 1.89. The molecule has 0 spiro atoms. The molecule has 140 valence electrons. The van der Waals surface area contributed by atoms with Crippen molar-refractivity contribution in [2.75, 3.05) is 0 Å². The quantitative estimate of drug-likeness (QED) is 0.830. The summed E-state index contributed by atoms with van der Waals surface area (Å²) in [6.45, 7) is 5.24. The van der Waals surface area contributed by atoms with Gasteiger partial charge in [0.15, 0.2) is 0 Å². The molecule has 0 bridgehead atoms. The molecule has 2 aromatic rings. The second-order valence-electron chi connectivity index (χ2n) is 6.62. The van der Waals surface area contributed by atoms with Crippen LogP contribution >= 0.6 is 0 Å². The summed E-state index contributed by atoms with van der Waals surface area (Å²) in [4.78, 5) is 15.6. The largest absolute Gasteiger partial charge is 0.488 e. The number of nitrogens with one attached hydrogen (secondary N) is 1. The first-order valence-electron chi connectivity index (χ1n) is 7.98. The maximum atomic E-state index is 12.2. The van der Waals surface area contributed by atoms with Gasteiger partial charge in [-0.25, -0.2) is 17.9 Å². The molecule has 0 aliphatic rings. The van der Waals surface area contributed by atoms with Gasteiger partial charge in [-0.2, -0.15) is 0 Å². The summed E-state index contributed by atoms with van der Waals surface area (Å²) < 4.78 is 37.0. The highest BCUT2D eigenvalue weighted by Gasteiger charge is 2.23. The monoisotopic (exact) mass is 378 g/mol. The van der Waals surface area contributed by atoms with Gasteiger partial charge < -0.3 is 9.47 Å². The highest BCUT2D eigenvalue weighted by molar-refractivity contribution is 7.89. The van der Waals surface area contributed by atoms with E-state index in [1.807, 2.05) is 35.1 Å². The Morgan fingerprint density at radius 2 is 1.85 bits per heavy atom. The molecule has 1 N–H and O–H groups in total. The highest BCUT2D eigenvalue weighted by Crippen LogP contribution is 2.20. The second kappa shape index (κ2) is 8.18. The summed E-state index contributed by atoms with van der Waals surface area (Å²) in [5.74, 6) is -0.0667. The van der Waals surface area contributed by atoms with E-state index in [0.717, 1.165) is 5.56 Å². The third-order valence-corrected chi connectivity index (χ3v) is 4.25. The first-order valence-corrected chi connectivity index (χ1v) is 9.63. The molecule has 0 aliphatic carbocycles. The number of sulfonamides is 1. The van der Waals surface area contributed by atoms with Gasteiger partial charge >= 0.3 is 6.09 Å². The van der Waals surface area contributed by atoms with Crippen LogP contribution in [0.1, 0.15) is 31.9 Å². The van der Waals surface area contributed by atoms with Crippen LogP contribution in [0.4, 0.5) is 4.79 Å². The first-order chi connectivity index (χ1) is 12.1. The molecule has 0 unspecified atom stereocenters. The van der Waals surface area contributed by atoms with E-state index < -0.39 is 27.5 Å². The van der Waals surface area contributed by atoms with Crippen molar-refractivity contribution in [3.05, 3.63) is 59.9 Å². The number of hydrogen-bond donors (Lipinski definition) is 1. The lowest BCUT2D eigenvalue weighted by molar-refractivity contribution is 0.0570. The van der Waals surface area contributed by atoms with E-state index in [-0.39, 0.29) is 6.61 Å². The Labute approximate surface area is 153 Å². The number of amides is 1. The van der Waals surface area contributed by atoms with Crippen molar-refractivity contribution < 1.29 is 22.7 Å². The Morgan fingerprint density at radius 1 is 1.15 bits per heavy atom. The Kier molecular flexibility index (Phi) is 6.20. The van der Waals surface area contributed by atoms with Gasteiger partial charge in [0.1, 0.15) is 18.0 Å². The van der Waals surface area contributed by atoms with Gasteiger partial charge in [-0.1, -0.05) is 30.3 Å². The van der Waals surface area contributed by atoms with Crippen LogP contribution in [-0.4, -0.2) is 25.1 Å². The van der Waals surface area contributed by atoms with E-state index >= 15 is 0 Å². The fourth-order valence-electron chi connectivity index (χ4n) is 2.07. The zero-order chi connectivity index (χ0) is 19.2. The van der Waals surface area contributed by atoms with E-state index in [9.17, 15) is 13.2 Å². The summed E-state index contributed by atoms with van der Waals surface area (Å²) in [6, 6.07) is 11.1. The van der Waals surface area contributed by atoms with Gasteiger partial charge in [0.2, 0.25) is 10.0 Å². The summed E-state index contributed by atoms with van der Waals surface area (Å²) in [7, 11) is -3.96. The average Bonchev–Trinajstić information content (AvgIpc) is 2.52. The van der Waals surface area contributed by atoms with Crippen molar-refractivity contribution in [1.29, 1.82) is 0 Å². The van der Waals surface area contributed by atoms with E-state index in [1.165, 1.54) is 12.4 Å². The average molecular weight is 378 g/mol. The molecule has 0 radical (unpaired) electrons. The summed E-state index contributed by atoms with van der Waals surface area (Å²) in [5, 5.41) is 0. The van der Waals surface area contributed by atoms with Gasteiger partial charge in [-0.05, 0) is 32.4 Å². The van der Waals surface area contributed by atoms with Crippen LogP contribution in [0.3, 0.4) is 0 Å². The number of pyridine rings is 1. The van der Waals surface area contributed by atoms with Gasteiger partial charge in [0.25, 0.3) is 0 Å². The Bertz CT molecular complexity index is 845. The lowest BCUT2D eigenvalue weighted by Gasteiger charge is -2.19. The predicted molar refractivity (Wildman–Crippen MR) is 97.0 cm³/mol. The molecule has 1 aromatic carbocycles. The molecule has 2 rings (SSSR count). The van der Waals surface area contributed by atoms with Crippen molar-refractivity contribution in [3.8, 4) is 5.75 Å². The normalized spacial score (nSPS) is 11.7. The van der Waals surface area contributed by atoms with Crippen LogP contribution in [-0.2, 0) is 27.1 Å². The fourth-order valence-corrected chi connectivity index (χ4v) is 3.06. The van der Waals surface area contributed by atoms with Crippen molar-refractivity contribution in [1.82, 2.24) is 9.71 Å². The Hall–Kier alpha value is -2.61. The Morgan fingerprint density at radius 3 is 2.50 bits per heavy atom. The number of carbonyl (C=O) groups is 1. The fraction of sp³-hybridized carbons (Fsp3) is 0.333. The number of nitrogens with zero attached hydrogens (tertiary/aromatic N) is 1. The van der Waals surface area contributed by atoms with Crippen LogP contribution in [0.2, 0.25) is 0 Å². The number of carbonyl (C=O) groups excluding carboxylic acids is 1. The van der Waals surface area contributed by atoms with Gasteiger partial charge in [-0.3, -0.25) is 4.98 Å². The lowest BCUT2D eigenvalue weighted by atomic mass is 10.2. The standard InChI is InChI=1S/C18H22N2O5S/c1-18(2,3)25-17(21)20-26(22,23)13-15-11-19-10-9-16(15)24-12-14-7-5-4-6-8-14/h4-11H,12-13H2,1-3H3,(H,20,21). The number of hydrogen-bond acceptors (Lipinski definition) is 6. The molecule has 0 atom stereocenters.